The van der Waals surface area contributed by atoms with Crippen molar-refractivity contribution in [1.29, 1.82) is 0 Å². The Bertz CT molecular complexity index is 692. The van der Waals surface area contributed by atoms with E-state index in [2.05, 4.69) is 37.1 Å². The number of nitrogens with one attached hydrogen (secondary N) is 3. The maximum Gasteiger partial charge on any atom is 0.269 e. The van der Waals surface area contributed by atoms with Crippen LogP contribution in [0, 0.1) is 0 Å². The van der Waals surface area contributed by atoms with Crippen LogP contribution in [0.5, 0.6) is 0 Å². The molecule has 22 heavy (non-hydrogen) atoms. The van der Waals surface area contributed by atoms with Crippen LogP contribution in [0.2, 0.25) is 0 Å². The summed E-state index contributed by atoms with van der Waals surface area (Å²) in [5.74, 6) is -0.759. The van der Waals surface area contributed by atoms with E-state index >= 15 is 0 Å². The molecule has 112 valence electrons. The highest BCUT2D eigenvalue weighted by Crippen LogP contribution is 2.10. The molecule has 0 bridgehead atoms. The van der Waals surface area contributed by atoms with Crippen LogP contribution >= 0.6 is 28.1 Å². The number of rotatable bonds is 2. The van der Waals surface area contributed by atoms with Gasteiger partial charge in [-0.15, -0.1) is 0 Å². The summed E-state index contributed by atoms with van der Waals surface area (Å²) in [6, 6.07) is 9.91. The number of pyridine rings is 1. The van der Waals surface area contributed by atoms with Crippen molar-refractivity contribution in [2.45, 2.75) is 0 Å². The first-order chi connectivity index (χ1) is 10.6. The zero-order valence-electron chi connectivity index (χ0n) is 11.2. The third-order valence-corrected chi connectivity index (χ3v) is 3.30. The number of hydrogen-bond donors (Lipinski definition) is 3. The molecule has 0 atom stereocenters. The van der Waals surface area contributed by atoms with Crippen LogP contribution in [-0.2, 0) is 0 Å². The van der Waals surface area contributed by atoms with Gasteiger partial charge in [-0.05, 0) is 48.6 Å². The fraction of sp³-hybridized carbons (Fsp3) is 0. The van der Waals surface area contributed by atoms with Gasteiger partial charge >= 0.3 is 0 Å². The van der Waals surface area contributed by atoms with Crippen LogP contribution in [0.1, 0.15) is 20.7 Å². The topological polar surface area (TPSA) is 83.1 Å². The Hall–Kier alpha value is -2.32. The van der Waals surface area contributed by atoms with Gasteiger partial charge < -0.3 is 0 Å². The first-order valence-electron chi connectivity index (χ1n) is 6.13. The third-order valence-electron chi connectivity index (χ3n) is 2.57. The van der Waals surface area contributed by atoms with Gasteiger partial charge in [0.2, 0.25) is 0 Å². The fourth-order valence-corrected chi connectivity index (χ4v) is 1.90. The second-order valence-electron chi connectivity index (χ2n) is 4.11. The van der Waals surface area contributed by atoms with E-state index in [-0.39, 0.29) is 16.9 Å². The van der Waals surface area contributed by atoms with Crippen molar-refractivity contribution in [2.24, 2.45) is 0 Å². The Morgan fingerprint density at radius 1 is 0.909 bits per heavy atom. The van der Waals surface area contributed by atoms with E-state index < -0.39 is 0 Å². The fourth-order valence-electron chi connectivity index (χ4n) is 1.50. The molecule has 2 aromatic rings. The highest BCUT2D eigenvalue weighted by molar-refractivity contribution is 9.10. The van der Waals surface area contributed by atoms with Gasteiger partial charge in [-0.3, -0.25) is 30.7 Å². The molecule has 0 unspecified atom stereocenters. The average molecular weight is 379 g/mol. The molecule has 0 saturated heterocycles. The summed E-state index contributed by atoms with van der Waals surface area (Å²) in [7, 11) is 0. The Morgan fingerprint density at radius 2 is 1.50 bits per heavy atom. The molecule has 0 aliphatic carbocycles. The summed E-state index contributed by atoms with van der Waals surface area (Å²) < 4.78 is 0.870. The molecule has 0 aliphatic rings. The van der Waals surface area contributed by atoms with Gasteiger partial charge in [0, 0.05) is 28.0 Å². The molecular formula is C14H11BrN4O2S. The lowest BCUT2D eigenvalue weighted by molar-refractivity contribution is 0.0934. The van der Waals surface area contributed by atoms with E-state index in [4.69, 9.17) is 12.2 Å². The van der Waals surface area contributed by atoms with E-state index in [9.17, 15) is 9.59 Å². The van der Waals surface area contributed by atoms with Crippen LogP contribution in [0.25, 0.3) is 0 Å². The molecule has 0 saturated carbocycles. The maximum absolute atomic E-state index is 11.9. The zero-order chi connectivity index (χ0) is 15.9. The van der Waals surface area contributed by atoms with Gasteiger partial charge in [-0.25, -0.2) is 0 Å². The number of nitrogens with zero attached hydrogens (tertiary/aromatic N) is 1. The van der Waals surface area contributed by atoms with Crippen molar-refractivity contribution in [2.75, 3.05) is 0 Å². The van der Waals surface area contributed by atoms with Crippen molar-refractivity contribution in [3.05, 3.63) is 64.4 Å². The highest BCUT2D eigenvalue weighted by Gasteiger charge is 2.09. The molecular weight excluding hydrogens is 368 g/mol. The van der Waals surface area contributed by atoms with Crippen molar-refractivity contribution in [3.8, 4) is 0 Å². The van der Waals surface area contributed by atoms with Crippen LogP contribution in [0.4, 0.5) is 0 Å². The van der Waals surface area contributed by atoms with E-state index in [1.165, 1.54) is 12.4 Å². The lowest BCUT2D eigenvalue weighted by Gasteiger charge is -2.10. The summed E-state index contributed by atoms with van der Waals surface area (Å²) in [6.07, 6.45) is 3.01. The minimum atomic E-state index is -0.386. The molecule has 2 amide bonds. The second-order valence-corrected chi connectivity index (χ2v) is 5.43. The van der Waals surface area contributed by atoms with Crippen molar-refractivity contribution < 1.29 is 9.59 Å². The molecule has 3 N–H and O–H groups in total. The van der Waals surface area contributed by atoms with Gasteiger partial charge in [-0.2, -0.15) is 0 Å². The minimum absolute atomic E-state index is 0.00433. The first-order valence-corrected chi connectivity index (χ1v) is 7.33. The summed E-state index contributed by atoms with van der Waals surface area (Å²) in [6.45, 7) is 0. The standard InChI is InChI=1S/C14H11BrN4O2S/c15-11-3-1-9(2-4-11)12(20)17-14(22)19-18-13(21)10-5-7-16-8-6-10/h1-8H,(H,18,21)(H2,17,19,20,22). The monoisotopic (exact) mass is 378 g/mol. The number of carbonyl (C=O) groups is 2. The molecule has 1 aromatic carbocycles. The van der Waals surface area contributed by atoms with Crippen molar-refractivity contribution in [3.63, 3.8) is 0 Å². The smallest absolute Gasteiger partial charge is 0.269 e. The number of amides is 2. The van der Waals surface area contributed by atoms with Crippen LogP contribution < -0.4 is 16.2 Å². The SMILES string of the molecule is O=C(NNC(=S)NC(=O)c1ccc(Br)cc1)c1ccncc1. The number of hydrogen-bond acceptors (Lipinski definition) is 4. The zero-order valence-corrected chi connectivity index (χ0v) is 13.6. The summed E-state index contributed by atoms with van der Waals surface area (Å²) in [5, 5.41) is 2.46. The van der Waals surface area contributed by atoms with Crippen LogP contribution in [0.15, 0.2) is 53.3 Å². The molecule has 1 heterocycles. The lowest BCUT2D eigenvalue weighted by Crippen LogP contribution is -2.48. The van der Waals surface area contributed by atoms with Gasteiger partial charge in [0.05, 0.1) is 0 Å². The highest BCUT2D eigenvalue weighted by atomic mass is 79.9. The average Bonchev–Trinajstić information content (AvgIpc) is 2.54. The van der Waals surface area contributed by atoms with Crippen LogP contribution in [-0.4, -0.2) is 21.9 Å². The predicted molar refractivity (Wildman–Crippen MR) is 89.0 cm³/mol. The molecule has 0 radical (unpaired) electrons. The van der Waals surface area contributed by atoms with Crippen molar-refractivity contribution in [1.82, 2.24) is 21.2 Å². The summed E-state index contributed by atoms with van der Waals surface area (Å²) in [5.41, 5.74) is 5.72. The predicted octanol–water partition coefficient (Wildman–Crippen LogP) is 1.79. The van der Waals surface area contributed by atoms with Crippen molar-refractivity contribution >= 4 is 45.1 Å². The van der Waals surface area contributed by atoms with E-state index in [1.54, 1.807) is 36.4 Å². The Labute approximate surface area is 140 Å². The summed E-state index contributed by atoms with van der Waals surface area (Å²) >= 11 is 8.23. The van der Waals surface area contributed by atoms with Gasteiger partial charge in [0.15, 0.2) is 5.11 Å². The number of aromatic nitrogens is 1. The Balaban J connectivity index is 1.84. The molecule has 2 rings (SSSR count). The molecule has 0 fully saturated rings. The van der Waals surface area contributed by atoms with Crippen LogP contribution in [0.3, 0.4) is 0 Å². The molecule has 0 spiro atoms. The van der Waals surface area contributed by atoms with E-state index in [0.717, 1.165) is 4.47 Å². The first kappa shape index (κ1) is 16.1. The van der Waals surface area contributed by atoms with Gasteiger partial charge in [0.25, 0.3) is 11.8 Å². The Morgan fingerprint density at radius 3 is 2.14 bits per heavy atom. The molecule has 8 heteroatoms. The normalized spacial score (nSPS) is 9.68. The number of halogens is 1. The summed E-state index contributed by atoms with van der Waals surface area (Å²) in [4.78, 5) is 27.5. The van der Waals surface area contributed by atoms with Gasteiger partial charge in [-0.1, -0.05) is 15.9 Å². The third kappa shape index (κ3) is 4.61. The van der Waals surface area contributed by atoms with E-state index in [0.29, 0.717) is 11.1 Å². The number of thiocarbonyl (C=S) groups is 1. The minimum Gasteiger partial charge on any atom is -0.298 e. The molecule has 0 aliphatic heterocycles. The number of hydrazine groups is 1. The van der Waals surface area contributed by atoms with E-state index in [1.807, 2.05) is 0 Å². The number of carbonyl (C=O) groups excluding carboxylic acids is 2. The largest absolute Gasteiger partial charge is 0.298 e. The maximum atomic E-state index is 11.9. The quantitative estimate of drug-likeness (QED) is 0.548. The lowest BCUT2D eigenvalue weighted by atomic mass is 10.2. The Kier molecular flexibility index (Phi) is 5.56. The molecule has 6 nitrogen and oxygen atoms in total. The number of benzene rings is 1. The molecule has 1 aromatic heterocycles. The second kappa shape index (κ2) is 7.62. The van der Waals surface area contributed by atoms with Gasteiger partial charge in [0.1, 0.15) is 0 Å².